The number of nitrogens with zero attached hydrogens (tertiary/aromatic N) is 8. The van der Waals surface area contributed by atoms with E-state index in [2.05, 4.69) is 53.7 Å². The van der Waals surface area contributed by atoms with Crippen LogP contribution in [0.5, 0.6) is 0 Å². The highest BCUT2D eigenvalue weighted by Crippen LogP contribution is 2.40. The van der Waals surface area contributed by atoms with Crippen molar-refractivity contribution in [1.29, 1.82) is 0 Å². The summed E-state index contributed by atoms with van der Waals surface area (Å²) in [5.74, 6) is 0.0799. The van der Waals surface area contributed by atoms with Gasteiger partial charge in [-0.1, -0.05) is 43.5 Å². The average molecular weight is 741 g/mol. The second kappa shape index (κ2) is 14.6. The van der Waals surface area contributed by atoms with Gasteiger partial charge < -0.3 is 15.5 Å². The van der Waals surface area contributed by atoms with Crippen molar-refractivity contribution in [1.82, 2.24) is 14.9 Å². The molecule has 6 heterocycles. The molecule has 5 aliphatic rings. The van der Waals surface area contributed by atoms with Gasteiger partial charge in [-0.05, 0) is 104 Å². The Hall–Kier alpha value is -6.11. The fourth-order valence-corrected chi connectivity index (χ4v) is 7.85. The lowest BCUT2D eigenvalue weighted by Gasteiger charge is -2.33. The predicted molar refractivity (Wildman–Crippen MR) is 213 cm³/mol. The van der Waals surface area contributed by atoms with Gasteiger partial charge in [-0.2, -0.15) is 23.2 Å². The number of pyridine rings is 2. The standard InChI is InChI=1S/C42H39F3N10/c43-42(44,45)39-52-40-50-35(31-17-15-28(27-11-3-1-4-12-27)23-33(31)48-37-13-5-7-19-46-37)25-30-26-36(51-41(53-39)55(30)40)32-18-16-29(54-21-9-2-10-22-54)24-34(32)49-38-14-6-8-20-47-38/h5-8,13-20,23-27H,1-4,9-12,21-22H2,(H,46,48)(H,47,49). The number of nitrogens with one attached hydrogen (secondary N) is 2. The lowest BCUT2D eigenvalue weighted by molar-refractivity contribution is -0.0597. The van der Waals surface area contributed by atoms with Crippen LogP contribution in [0.1, 0.15) is 74.0 Å². The Kier molecular flexibility index (Phi) is 9.20. The van der Waals surface area contributed by atoms with E-state index in [9.17, 15) is 13.2 Å². The molecule has 2 aromatic carbocycles. The van der Waals surface area contributed by atoms with Crippen LogP contribution in [0.4, 0.5) is 41.9 Å². The lowest BCUT2D eigenvalue weighted by Crippen LogP contribution is -2.44. The highest BCUT2D eigenvalue weighted by Gasteiger charge is 2.43. The third kappa shape index (κ3) is 7.26. The van der Waals surface area contributed by atoms with Crippen LogP contribution in [-0.2, 0) is 0 Å². The average Bonchev–Trinajstić information content (AvgIpc) is 3.21. The number of hydrogen-bond acceptors (Lipinski definition) is 10. The van der Waals surface area contributed by atoms with Gasteiger partial charge in [-0.3, -0.25) is 0 Å². The van der Waals surface area contributed by atoms with E-state index in [0.717, 1.165) is 55.8 Å². The van der Waals surface area contributed by atoms with Crippen LogP contribution in [0.25, 0.3) is 5.70 Å². The first kappa shape index (κ1) is 34.6. The van der Waals surface area contributed by atoms with E-state index in [1.165, 1.54) is 36.1 Å². The second-order valence-corrected chi connectivity index (χ2v) is 14.3. The van der Waals surface area contributed by atoms with Crippen molar-refractivity contribution in [3.05, 3.63) is 120 Å². The van der Waals surface area contributed by atoms with Crippen molar-refractivity contribution < 1.29 is 13.2 Å². The van der Waals surface area contributed by atoms with Crippen LogP contribution in [0, 0.1) is 0 Å². The quantitative estimate of drug-likeness (QED) is 0.186. The zero-order valence-corrected chi connectivity index (χ0v) is 30.1. The maximum absolute atomic E-state index is 14.4. The molecule has 55 heavy (non-hydrogen) atoms. The number of anilines is 5. The normalized spacial score (nSPS) is 18.6. The van der Waals surface area contributed by atoms with E-state index >= 15 is 0 Å². The largest absolute Gasteiger partial charge is 0.451 e. The molecule has 0 amide bonds. The molecule has 10 nitrogen and oxygen atoms in total. The lowest BCUT2D eigenvalue weighted by atomic mass is 9.83. The number of amidine groups is 1. The van der Waals surface area contributed by atoms with Crippen molar-refractivity contribution in [3.8, 4) is 0 Å². The minimum absolute atomic E-state index is 0.156. The van der Waals surface area contributed by atoms with Crippen molar-refractivity contribution in [2.75, 3.05) is 28.6 Å². The van der Waals surface area contributed by atoms with Crippen LogP contribution in [0.2, 0.25) is 0 Å². The summed E-state index contributed by atoms with van der Waals surface area (Å²) in [6.45, 7) is 1.90. The Labute approximate surface area is 317 Å². The molecule has 4 aliphatic heterocycles. The highest BCUT2D eigenvalue weighted by molar-refractivity contribution is 6.26. The number of hydrogen-bond donors (Lipinski definition) is 2. The Balaban J connectivity index is 1.17. The number of halogens is 3. The highest BCUT2D eigenvalue weighted by atomic mass is 19.4. The van der Waals surface area contributed by atoms with E-state index in [4.69, 9.17) is 9.98 Å². The molecule has 2 aromatic heterocycles. The minimum atomic E-state index is -4.82. The number of aliphatic imine (C=N–C) groups is 4. The number of guanidine groups is 2. The Morgan fingerprint density at radius 1 is 0.636 bits per heavy atom. The van der Waals surface area contributed by atoms with Gasteiger partial charge in [0.1, 0.15) is 11.6 Å². The van der Waals surface area contributed by atoms with Crippen molar-refractivity contribution >= 4 is 57.9 Å². The number of benzene rings is 2. The summed E-state index contributed by atoms with van der Waals surface area (Å²) in [6.07, 6.45) is 11.6. The molecular formula is C42H39F3N10. The number of alkyl halides is 3. The van der Waals surface area contributed by atoms with Gasteiger partial charge >= 0.3 is 6.18 Å². The number of piperidine rings is 1. The van der Waals surface area contributed by atoms with Crippen LogP contribution >= 0.6 is 0 Å². The van der Waals surface area contributed by atoms with E-state index < -0.39 is 12.0 Å². The maximum atomic E-state index is 14.4. The first-order chi connectivity index (χ1) is 26.9. The summed E-state index contributed by atoms with van der Waals surface area (Å²) in [6, 6.07) is 23.5. The molecule has 13 heteroatoms. The first-order valence-corrected chi connectivity index (χ1v) is 18.9. The molecule has 0 atom stereocenters. The molecule has 2 N–H and O–H groups in total. The third-order valence-corrected chi connectivity index (χ3v) is 10.6. The molecule has 1 saturated carbocycles. The molecule has 0 bridgehead atoms. The van der Waals surface area contributed by atoms with Gasteiger partial charge in [0.25, 0.3) is 0 Å². The second-order valence-electron chi connectivity index (χ2n) is 14.3. The van der Waals surface area contributed by atoms with E-state index in [0.29, 0.717) is 45.8 Å². The summed E-state index contributed by atoms with van der Waals surface area (Å²) in [5.41, 5.74) is 6.57. The molecule has 2 fully saturated rings. The topological polar surface area (TPSA) is 106 Å². The summed E-state index contributed by atoms with van der Waals surface area (Å²) in [5, 5.41) is 6.92. The molecule has 0 radical (unpaired) electrons. The van der Waals surface area contributed by atoms with Gasteiger partial charge in [-0.25, -0.2) is 24.9 Å². The van der Waals surface area contributed by atoms with Gasteiger partial charge in [0, 0.05) is 48.0 Å². The Bertz CT molecular complexity index is 2170. The summed E-state index contributed by atoms with van der Waals surface area (Å²) in [7, 11) is 0. The van der Waals surface area contributed by atoms with Crippen molar-refractivity contribution in [2.45, 2.75) is 63.5 Å². The van der Waals surface area contributed by atoms with Gasteiger partial charge in [0.2, 0.25) is 17.8 Å². The van der Waals surface area contributed by atoms with Crippen LogP contribution in [0.15, 0.2) is 123 Å². The molecule has 9 rings (SSSR count). The van der Waals surface area contributed by atoms with Crippen LogP contribution in [-0.4, -0.2) is 57.6 Å². The van der Waals surface area contributed by atoms with Gasteiger partial charge in [0.05, 0.1) is 22.8 Å². The Morgan fingerprint density at radius 2 is 1.31 bits per heavy atom. The fraction of sp³-hybridized carbons (Fsp3) is 0.286. The summed E-state index contributed by atoms with van der Waals surface area (Å²) < 4.78 is 43.2. The molecule has 278 valence electrons. The zero-order valence-electron chi connectivity index (χ0n) is 30.1. The first-order valence-electron chi connectivity index (χ1n) is 18.9. The van der Waals surface area contributed by atoms with Crippen molar-refractivity contribution in [3.63, 3.8) is 0 Å². The molecule has 4 aromatic rings. The van der Waals surface area contributed by atoms with E-state index in [1.807, 2.05) is 66.7 Å². The van der Waals surface area contributed by atoms with E-state index in [-0.39, 0.29) is 11.9 Å². The van der Waals surface area contributed by atoms with Crippen LogP contribution < -0.4 is 15.5 Å². The minimum Gasteiger partial charge on any atom is -0.371 e. The van der Waals surface area contributed by atoms with Gasteiger partial charge in [0.15, 0.2) is 0 Å². The number of rotatable bonds is 8. The number of allylic oxidation sites excluding steroid dienone is 2. The monoisotopic (exact) mass is 740 g/mol. The summed E-state index contributed by atoms with van der Waals surface area (Å²) in [4.78, 5) is 30.2. The third-order valence-electron chi connectivity index (χ3n) is 10.6. The number of aromatic nitrogens is 2. The van der Waals surface area contributed by atoms with E-state index in [1.54, 1.807) is 12.4 Å². The SMILES string of the molecule is FC(F)(F)C1=NC2=NC(c3ccc(C4CCCCC4)cc3Nc3ccccn3)=CC3=CC(c4ccc(N5CCCCC5)cc4Nc4ccccn4)=NC(=N1)N32. The molecule has 0 spiro atoms. The Morgan fingerprint density at radius 3 is 2.00 bits per heavy atom. The van der Waals surface area contributed by atoms with Crippen molar-refractivity contribution in [2.24, 2.45) is 20.0 Å². The predicted octanol–water partition coefficient (Wildman–Crippen LogP) is 9.73. The maximum Gasteiger partial charge on any atom is 0.451 e. The molecular weight excluding hydrogens is 702 g/mol. The summed E-state index contributed by atoms with van der Waals surface area (Å²) >= 11 is 0. The van der Waals surface area contributed by atoms with Crippen LogP contribution in [0.3, 0.4) is 0 Å². The molecule has 0 unspecified atom stereocenters. The zero-order chi connectivity index (χ0) is 37.4. The molecule has 1 saturated heterocycles. The van der Waals surface area contributed by atoms with Gasteiger partial charge in [-0.15, -0.1) is 0 Å². The smallest absolute Gasteiger partial charge is 0.371 e. The fourth-order valence-electron chi connectivity index (χ4n) is 7.85. The molecule has 1 aliphatic carbocycles.